The van der Waals surface area contributed by atoms with Gasteiger partial charge in [0.05, 0.1) is 13.5 Å². The molecule has 0 fully saturated rings. The molecule has 0 bridgehead atoms. The van der Waals surface area contributed by atoms with Gasteiger partial charge in [0.1, 0.15) is 7.80 Å². The molecule has 1 unspecified atom stereocenters. The van der Waals surface area contributed by atoms with Gasteiger partial charge in [-0.1, -0.05) is 6.42 Å². The van der Waals surface area contributed by atoms with Crippen LogP contribution in [0.25, 0.3) is 0 Å². The van der Waals surface area contributed by atoms with Gasteiger partial charge in [0.25, 0.3) is 0 Å². The summed E-state index contributed by atoms with van der Waals surface area (Å²) in [7, 11) is -0.975. The quantitative estimate of drug-likeness (QED) is 0.287. The predicted molar refractivity (Wildman–Crippen MR) is 68.2 cm³/mol. The summed E-state index contributed by atoms with van der Waals surface area (Å²) >= 11 is 0. The number of esters is 1. The van der Waals surface area contributed by atoms with Crippen LogP contribution in [-0.4, -0.2) is 66.0 Å². The molecule has 0 radical (unpaired) electrons. The molecule has 0 rings (SSSR count). The summed E-state index contributed by atoms with van der Waals surface area (Å²) < 4.78 is 15.8. The van der Waals surface area contributed by atoms with Gasteiger partial charge in [-0.3, -0.25) is 9.59 Å². The van der Waals surface area contributed by atoms with E-state index in [9.17, 15) is 14.2 Å². The molecule has 0 spiro atoms. The van der Waals surface area contributed by atoms with Crippen molar-refractivity contribution in [2.24, 2.45) is 0 Å². The molecule has 0 saturated carbocycles. The fourth-order valence-electron chi connectivity index (χ4n) is 1.17. The number of ether oxygens (including phenoxy) is 1. The molecule has 0 aliphatic carbocycles. The molecule has 0 aromatic heterocycles. The van der Waals surface area contributed by atoms with E-state index in [2.05, 4.69) is 4.74 Å². The zero-order valence-corrected chi connectivity index (χ0v) is 10.5. The third kappa shape index (κ3) is 11.2. The molecule has 0 heterocycles. The number of aliphatic hydroxyl groups is 1. The van der Waals surface area contributed by atoms with Crippen LogP contribution in [0.3, 0.4) is 0 Å². The minimum absolute atomic E-state index is 0. The third-order valence-electron chi connectivity index (χ3n) is 2.16. The number of hydrogen-bond donors (Lipinski definition) is 1. The van der Waals surface area contributed by atoms with E-state index in [-0.39, 0.29) is 54.5 Å². The van der Waals surface area contributed by atoms with Crippen molar-refractivity contribution in [2.75, 3.05) is 19.9 Å². The van der Waals surface area contributed by atoms with Crippen molar-refractivity contribution in [1.29, 1.82) is 0 Å². The van der Waals surface area contributed by atoms with Crippen LogP contribution in [0.1, 0.15) is 32.1 Å². The Morgan fingerprint density at radius 3 is 2.35 bits per heavy atom. The van der Waals surface area contributed by atoms with Crippen molar-refractivity contribution in [3.63, 3.8) is 0 Å². The van der Waals surface area contributed by atoms with Crippen LogP contribution >= 0.6 is 7.80 Å². The molecule has 0 amide bonds. The first kappa shape index (κ1) is 19.7. The molecule has 5 nitrogen and oxygen atoms in total. The monoisotopic (exact) mass is 274 g/mol. The summed E-state index contributed by atoms with van der Waals surface area (Å²) in [6.45, 7) is 0.122. The number of methoxy groups -OCH3 is 1. The van der Waals surface area contributed by atoms with Gasteiger partial charge in [0, 0.05) is 19.2 Å². The van der Waals surface area contributed by atoms with E-state index < -0.39 is 13.8 Å². The van der Waals surface area contributed by atoms with E-state index in [1.54, 1.807) is 0 Å². The summed E-state index contributed by atoms with van der Waals surface area (Å²) in [5.41, 5.74) is -0.334. The minimum atomic E-state index is -2.23. The number of aliphatic hydroxyl groups excluding tert-OH is 1. The molecule has 0 aromatic rings. The first-order valence-corrected chi connectivity index (χ1v) is 6.97. The van der Waals surface area contributed by atoms with Gasteiger partial charge < -0.3 is 14.4 Å². The maximum absolute atomic E-state index is 11.4. The molecule has 7 heteroatoms. The summed E-state index contributed by atoms with van der Waals surface area (Å²) in [5, 5.41) is 8.52. The predicted octanol–water partition coefficient (Wildman–Crippen LogP) is 0.540. The van der Waals surface area contributed by atoms with Gasteiger partial charge in [-0.2, -0.15) is 0 Å². The molecule has 1 atom stereocenters. The first-order chi connectivity index (χ1) is 7.61. The van der Waals surface area contributed by atoms with Crippen LogP contribution in [0.2, 0.25) is 0 Å². The Hall–Kier alpha value is 0.330. The zero-order valence-electron chi connectivity index (χ0n) is 9.53. The maximum atomic E-state index is 11.4. The molecule has 0 aliphatic heterocycles. The number of carbonyl (C=O) groups excluding carboxylic acids is 2. The van der Waals surface area contributed by atoms with Crippen molar-refractivity contribution < 1.29 is 24.0 Å². The van der Waals surface area contributed by atoms with E-state index in [1.165, 1.54) is 7.11 Å². The van der Waals surface area contributed by atoms with Gasteiger partial charge in [0.15, 0.2) is 5.52 Å². The van der Waals surface area contributed by atoms with E-state index in [0.29, 0.717) is 19.0 Å². The van der Waals surface area contributed by atoms with Crippen molar-refractivity contribution in [2.45, 2.75) is 32.1 Å². The number of unbranched alkanes of at least 4 members (excludes halogenated alkanes) is 2. The van der Waals surface area contributed by atoms with Gasteiger partial charge in [-0.15, -0.1) is 0 Å². The second-order valence-electron chi connectivity index (χ2n) is 3.46. The molecule has 1 N–H and O–H groups in total. The number of rotatable bonds is 9. The van der Waals surface area contributed by atoms with Gasteiger partial charge >= 0.3 is 35.5 Å². The number of carbonyl (C=O) groups is 2. The molecule has 0 aromatic carbocycles. The van der Waals surface area contributed by atoms with E-state index >= 15 is 0 Å². The van der Waals surface area contributed by atoms with Crippen LogP contribution in [0.15, 0.2) is 0 Å². The van der Waals surface area contributed by atoms with Crippen LogP contribution in [0.5, 0.6) is 0 Å². The van der Waals surface area contributed by atoms with Crippen LogP contribution in [-0.2, 0) is 18.9 Å². The molecule has 96 valence electrons. The van der Waals surface area contributed by atoms with E-state index in [1.807, 2.05) is 0 Å². The van der Waals surface area contributed by atoms with Crippen molar-refractivity contribution in [1.82, 2.24) is 0 Å². The Balaban J connectivity index is 0. The van der Waals surface area contributed by atoms with E-state index in [4.69, 9.17) is 5.11 Å². The Labute approximate surface area is 124 Å². The SMILES string of the molecule is COC(=O)CCC(=O)[PH](=O)CCCCCO.[NaH]. The summed E-state index contributed by atoms with van der Waals surface area (Å²) in [6.07, 6.45) is 2.52. The molecular weight excluding hydrogens is 254 g/mol. The van der Waals surface area contributed by atoms with Crippen molar-refractivity contribution in [3.8, 4) is 0 Å². The van der Waals surface area contributed by atoms with Gasteiger partial charge in [-0.05, 0) is 12.8 Å². The molecule has 0 aliphatic rings. The summed E-state index contributed by atoms with van der Waals surface area (Å²) in [5.74, 6) is -0.455. The average Bonchev–Trinajstić information content (AvgIpc) is 2.30. The Kier molecular flexibility index (Phi) is 14.8. The Bertz CT molecular complexity index is 257. The topological polar surface area (TPSA) is 80.7 Å². The van der Waals surface area contributed by atoms with Crippen LogP contribution in [0, 0.1) is 0 Å². The van der Waals surface area contributed by atoms with Crippen LogP contribution < -0.4 is 0 Å². The second-order valence-corrected chi connectivity index (χ2v) is 5.36. The molecule has 17 heavy (non-hydrogen) atoms. The third-order valence-corrected chi connectivity index (χ3v) is 3.84. The van der Waals surface area contributed by atoms with Crippen molar-refractivity contribution in [3.05, 3.63) is 0 Å². The summed E-state index contributed by atoms with van der Waals surface area (Å²) in [4.78, 5) is 22.0. The molecular formula is C10H20NaO5P. The Morgan fingerprint density at radius 1 is 1.18 bits per heavy atom. The normalized spacial score (nSPS) is 11.4. The first-order valence-electron chi connectivity index (χ1n) is 5.35. The fraction of sp³-hybridized carbons (Fsp3) is 0.800. The van der Waals surface area contributed by atoms with Crippen molar-refractivity contribution >= 4 is 48.9 Å². The number of hydrogen-bond acceptors (Lipinski definition) is 5. The fourth-order valence-corrected chi connectivity index (χ4v) is 2.42. The molecule has 0 saturated heterocycles. The van der Waals surface area contributed by atoms with Gasteiger partial charge in [0.2, 0.25) is 0 Å². The zero-order chi connectivity index (χ0) is 12.4. The second kappa shape index (κ2) is 12.8. The Morgan fingerprint density at radius 2 is 1.82 bits per heavy atom. The van der Waals surface area contributed by atoms with E-state index in [0.717, 1.165) is 6.42 Å². The van der Waals surface area contributed by atoms with Gasteiger partial charge in [-0.25, -0.2) is 0 Å². The summed E-state index contributed by atoms with van der Waals surface area (Å²) in [6, 6.07) is 0. The standard InChI is InChI=1S/C10H19O5P.Na.H/c1-15-9(12)5-6-10(13)16(14)8-4-2-3-7-11;;/h11,16H,2-8H2,1H3;;. The van der Waals surface area contributed by atoms with Crippen LogP contribution in [0.4, 0.5) is 0 Å². The average molecular weight is 274 g/mol.